The molecular weight excluding hydrogens is 162 g/mol. The first-order valence-electron chi connectivity index (χ1n) is 4.75. The summed E-state index contributed by atoms with van der Waals surface area (Å²) in [7, 11) is 0. The number of benzene rings is 1. The standard InChI is InChI=1S/C11H17NO/c1-2-9-5-3-4-6-10(9)11(13)7-8-12/h3-6,11,13H,2,7-8,12H2,1H3/t11-/m0/s1. The summed E-state index contributed by atoms with van der Waals surface area (Å²) in [6.45, 7) is 2.62. The molecule has 0 aliphatic heterocycles. The van der Waals surface area contributed by atoms with Crippen LogP contribution in [0.3, 0.4) is 0 Å². The van der Waals surface area contributed by atoms with Gasteiger partial charge in [-0.3, -0.25) is 0 Å². The lowest BCUT2D eigenvalue weighted by atomic mass is 9.99. The molecule has 0 heterocycles. The van der Waals surface area contributed by atoms with Gasteiger partial charge in [-0.1, -0.05) is 31.2 Å². The van der Waals surface area contributed by atoms with Crippen LogP contribution in [0.25, 0.3) is 0 Å². The third-order valence-corrected chi connectivity index (χ3v) is 2.24. The van der Waals surface area contributed by atoms with Crippen molar-refractivity contribution >= 4 is 0 Å². The Kier molecular flexibility index (Phi) is 3.93. The van der Waals surface area contributed by atoms with Gasteiger partial charge in [-0.2, -0.15) is 0 Å². The first-order chi connectivity index (χ1) is 6.29. The van der Waals surface area contributed by atoms with E-state index in [0.29, 0.717) is 13.0 Å². The number of aliphatic hydroxyl groups is 1. The van der Waals surface area contributed by atoms with Crippen molar-refractivity contribution in [3.8, 4) is 0 Å². The topological polar surface area (TPSA) is 46.2 Å². The van der Waals surface area contributed by atoms with E-state index in [1.807, 2.05) is 18.2 Å². The zero-order valence-electron chi connectivity index (χ0n) is 8.03. The van der Waals surface area contributed by atoms with Crippen molar-refractivity contribution in [3.05, 3.63) is 35.4 Å². The molecule has 2 heteroatoms. The number of nitrogens with two attached hydrogens (primary N) is 1. The molecule has 0 fully saturated rings. The predicted molar refractivity (Wildman–Crippen MR) is 54.5 cm³/mol. The Bertz CT molecular complexity index is 260. The van der Waals surface area contributed by atoms with Crippen LogP contribution < -0.4 is 5.73 Å². The average Bonchev–Trinajstić information content (AvgIpc) is 2.18. The van der Waals surface area contributed by atoms with Crippen molar-refractivity contribution < 1.29 is 5.11 Å². The molecule has 0 bridgehead atoms. The number of hydrogen-bond acceptors (Lipinski definition) is 2. The van der Waals surface area contributed by atoms with Crippen LogP contribution in [0.15, 0.2) is 24.3 Å². The van der Waals surface area contributed by atoms with Gasteiger partial charge in [-0.25, -0.2) is 0 Å². The van der Waals surface area contributed by atoms with Gasteiger partial charge in [-0.05, 0) is 30.5 Å². The number of aliphatic hydroxyl groups excluding tert-OH is 1. The van der Waals surface area contributed by atoms with Crippen molar-refractivity contribution in [2.45, 2.75) is 25.9 Å². The molecule has 0 aliphatic rings. The van der Waals surface area contributed by atoms with Crippen molar-refractivity contribution in [1.82, 2.24) is 0 Å². The van der Waals surface area contributed by atoms with Crippen molar-refractivity contribution in [3.63, 3.8) is 0 Å². The van der Waals surface area contributed by atoms with Crippen LogP contribution in [0.5, 0.6) is 0 Å². The van der Waals surface area contributed by atoms with Gasteiger partial charge in [0.2, 0.25) is 0 Å². The molecule has 1 aromatic rings. The van der Waals surface area contributed by atoms with Crippen LogP contribution in [0, 0.1) is 0 Å². The first kappa shape index (κ1) is 10.2. The monoisotopic (exact) mass is 179 g/mol. The molecule has 0 spiro atoms. The predicted octanol–water partition coefficient (Wildman–Crippen LogP) is 1.63. The average molecular weight is 179 g/mol. The fourth-order valence-electron chi connectivity index (χ4n) is 1.49. The molecule has 0 radical (unpaired) electrons. The minimum Gasteiger partial charge on any atom is -0.388 e. The third-order valence-electron chi connectivity index (χ3n) is 2.24. The molecule has 72 valence electrons. The van der Waals surface area contributed by atoms with Gasteiger partial charge in [0.15, 0.2) is 0 Å². The summed E-state index contributed by atoms with van der Waals surface area (Å²) in [5.41, 5.74) is 7.63. The maximum absolute atomic E-state index is 9.75. The second-order valence-corrected chi connectivity index (χ2v) is 3.15. The fourth-order valence-corrected chi connectivity index (χ4v) is 1.49. The molecule has 1 aromatic carbocycles. The zero-order valence-corrected chi connectivity index (χ0v) is 8.03. The third kappa shape index (κ3) is 2.54. The van der Waals surface area contributed by atoms with Crippen molar-refractivity contribution in [1.29, 1.82) is 0 Å². The lowest BCUT2D eigenvalue weighted by Crippen LogP contribution is -2.08. The highest BCUT2D eigenvalue weighted by Gasteiger charge is 2.09. The summed E-state index contributed by atoms with van der Waals surface area (Å²) in [5, 5.41) is 9.75. The molecule has 0 amide bonds. The maximum atomic E-state index is 9.75. The van der Waals surface area contributed by atoms with E-state index < -0.39 is 6.10 Å². The lowest BCUT2D eigenvalue weighted by molar-refractivity contribution is 0.169. The summed E-state index contributed by atoms with van der Waals surface area (Å²) in [4.78, 5) is 0. The molecule has 3 N–H and O–H groups in total. The number of aryl methyl sites for hydroxylation is 1. The van der Waals surface area contributed by atoms with E-state index in [9.17, 15) is 5.11 Å². The van der Waals surface area contributed by atoms with Crippen LogP contribution in [0.1, 0.15) is 30.6 Å². The minimum absolute atomic E-state index is 0.402. The van der Waals surface area contributed by atoms with Gasteiger partial charge in [0.05, 0.1) is 6.10 Å². The Morgan fingerprint density at radius 3 is 2.69 bits per heavy atom. The molecule has 1 atom stereocenters. The molecular formula is C11H17NO. The van der Waals surface area contributed by atoms with Gasteiger partial charge >= 0.3 is 0 Å². The summed E-state index contributed by atoms with van der Waals surface area (Å²) in [6, 6.07) is 7.97. The van der Waals surface area contributed by atoms with E-state index in [1.165, 1.54) is 5.56 Å². The van der Waals surface area contributed by atoms with E-state index in [2.05, 4.69) is 13.0 Å². The molecule has 0 aromatic heterocycles. The quantitative estimate of drug-likeness (QED) is 0.738. The first-order valence-corrected chi connectivity index (χ1v) is 4.75. The van der Waals surface area contributed by atoms with Crippen LogP contribution in [0.4, 0.5) is 0 Å². The lowest BCUT2D eigenvalue weighted by Gasteiger charge is -2.13. The smallest absolute Gasteiger partial charge is 0.0804 e. The number of hydrogen-bond donors (Lipinski definition) is 2. The Morgan fingerprint density at radius 2 is 2.08 bits per heavy atom. The molecule has 0 aliphatic carbocycles. The number of rotatable bonds is 4. The fraction of sp³-hybridized carbons (Fsp3) is 0.455. The Morgan fingerprint density at radius 1 is 1.38 bits per heavy atom. The molecule has 13 heavy (non-hydrogen) atoms. The van der Waals surface area contributed by atoms with Crippen molar-refractivity contribution in [2.75, 3.05) is 6.54 Å². The van der Waals surface area contributed by atoms with Crippen LogP contribution >= 0.6 is 0 Å². The molecule has 0 saturated heterocycles. The molecule has 0 unspecified atom stereocenters. The highest BCUT2D eigenvalue weighted by molar-refractivity contribution is 5.28. The van der Waals surface area contributed by atoms with Gasteiger partial charge in [-0.15, -0.1) is 0 Å². The van der Waals surface area contributed by atoms with Crippen LogP contribution in [0.2, 0.25) is 0 Å². The van der Waals surface area contributed by atoms with Crippen LogP contribution in [-0.4, -0.2) is 11.7 Å². The molecule has 2 nitrogen and oxygen atoms in total. The summed E-state index contributed by atoms with van der Waals surface area (Å²) >= 11 is 0. The van der Waals surface area contributed by atoms with E-state index in [1.54, 1.807) is 0 Å². The highest BCUT2D eigenvalue weighted by atomic mass is 16.3. The Hall–Kier alpha value is -0.860. The van der Waals surface area contributed by atoms with Gasteiger partial charge in [0.25, 0.3) is 0 Å². The van der Waals surface area contributed by atoms with Crippen molar-refractivity contribution in [2.24, 2.45) is 5.73 Å². The van der Waals surface area contributed by atoms with E-state index in [-0.39, 0.29) is 0 Å². The molecule has 1 rings (SSSR count). The van der Waals surface area contributed by atoms with Crippen LogP contribution in [-0.2, 0) is 6.42 Å². The maximum Gasteiger partial charge on any atom is 0.0804 e. The second-order valence-electron chi connectivity index (χ2n) is 3.15. The highest BCUT2D eigenvalue weighted by Crippen LogP contribution is 2.20. The molecule has 0 saturated carbocycles. The SMILES string of the molecule is CCc1ccccc1[C@@H](O)CCN. The summed E-state index contributed by atoms with van der Waals surface area (Å²) < 4.78 is 0. The van der Waals surface area contributed by atoms with E-state index >= 15 is 0 Å². The normalized spacial score (nSPS) is 12.8. The Labute approximate surface area is 79.4 Å². The Balaban J connectivity index is 2.85. The summed E-state index contributed by atoms with van der Waals surface area (Å²) in [5.74, 6) is 0. The van der Waals surface area contributed by atoms with E-state index in [4.69, 9.17) is 5.73 Å². The van der Waals surface area contributed by atoms with Gasteiger partial charge in [0.1, 0.15) is 0 Å². The van der Waals surface area contributed by atoms with E-state index in [0.717, 1.165) is 12.0 Å². The second kappa shape index (κ2) is 5.00. The van der Waals surface area contributed by atoms with Gasteiger partial charge < -0.3 is 10.8 Å². The van der Waals surface area contributed by atoms with Gasteiger partial charge in [0, 0.05) is 0 Å². The summed E-state index contributed by atoms with van der Waals surface area (Å²) in [6.07, 6.45) is 1.19. The largest absolute Gasteiger partial charge is 0.388 e. The zero-order chi connectivity index (χ0) is 9.68. The minimum atomic E-state index is -0.402.